The van der Waals surface area contributed by atoms with Crippen LogP contribution in [-0.4, -0.2) is 68.8 Å². The zero-order chi connectivity index (χ0) is 33.7. The number of amides is 1. The van der Waals surface area contributed by atoms with Gasteiger partial charge in [-0.1, -0.05) is 31.2 Å². The third-order valence-corrected chi connectivity index (χ3v) is 9.62. The molecule has 1 aliphatic heterocycles. The minimum absolute atomic E-state index is 0.0828. The number of sulfone groups is 1. The summed E-state index contributed by atoms with van der Waals surface area (Å²) in [7, 11) is -3.43. The summed E-state index contributed by atoms with van der Waals surface area (Å²) in [5.74, 6) is -0.696. The molecule has 46 heavy (non-hydrogen) atoms. The maximum absolute atomic E-state index is 13.6. The van der Waals surface area contributed by atoms with E-state index in [4.69, 9.17) is 0 Å². The molecule has 15 heteroatoms. The highest BCUT2D eigenvalue weighted by atomic mass is 32.2. The molecule has 2 aromatic carbocycles. The van der Waals surface area contributed by atoms with Crippen molar-refractivity contribution in [3.63, 3.8) is 0 Å². The van der Waals surface area contributed by atoms with Crippen molar-refractivity contribution in [1.82, 2.24) is 10.3 Å². The van der Waals surface area contributed by atoms with Crippen molar-refractivity contribution in [2.45, 2.75) is 54.9 Å². The van der Waals surface area contributed by atoms with Gasteiger partial charge >= 0.3 is 12.3 Å². The van der Waals surface area contributed by atoms with Crippen molar-refractivity contribution in [2.24, 2.45) is 0 Å². The molecule has 1 saturated heterocycles. The summed E-state index contributed by atoms with van der Waals surface area (Å²) >= 11 is 0. The van der Waals surface area contributed by atoms with Crippen molar-refractivity contribution < 1.29 is 49.4 Å². The Morgan fingerprint density at radius 3 is 2.26 bits per heavy atom. The number of carbonyl (C=O) groups excluding carboxylic acids is 1. The molecule has 0 saturated carbocycles. The second-order valence-electron chi connectivity index (χ2n) is 10.9. The van der Waals surface area contributed by atoms with E-state index in [1.54, 1.807) is 4.90 Å². The Kier molecular flexibility index (Phi) is 11.0. The first-order valence-corrected chi connectivity index (χ1v) is 16.0. The number of halogens is 6. The smallest absolute Gasteiger partial charge is 0.394 e. The van der Waals surface area contributed by atoms with Gasteiger partial charge < -0.3 is 20.1 Å². The quantitative estimate of drug-likeness (QED) is 0.238. The first-order valence-electron chi connectivity index (χ1n) is 14.4. The number of aromatic nitrogens is 1. The Morgan fingerprint density at radius 2 is 1.72 bits per heavy atom. The molecule has 0 radical (unpaired) electrons. The highest BCUT2D eigenvalue weighted by molar-refractivity contribution is 7.91. The van der Waals surface area contributed by atoms with Gasteiger partial charge in [-0.25, -0.2) is 17.8 Å². The lowest BCUT2D eigenvalue weighted by Gasteiger charge is -2.41. The number of ether oxygens (including phenoxy) is 1. The highest BCUT2D eigenvalue weighted by Crippen LogP contribution is 2.36. The van der Waals surface area contributed by atoms with Crippen LogP contribution in [0.25, 0.3) is 0 Å². The van der Waals surface area contributed by atoms with E-state index in [9.17, 15) is 44.7 Å². The van der Waals surface area contributed by atoms with Crippen LogP contribution < -0.4 is 10.2 Å². The summed E-state index contributed by atoms with van der Waals surface area (Å²) in [5, 5.41) is 12.5. The minimum Gasteiger partial charge on any atom is -0.394 e. The summed E-state index contributed by atoms with van der Waals surface area (Å²) in [6, 6.07) is 11.8. The molecule has 4 rings (SSSR count). The van der Waals surface area contributed by atoms with Crippen molar-refractivity contribution in [1.29, 1.82) is 0 Å². The van der Waals surface area contributed by atoms with E-state index in [0.29, 0.717) is 17.5 Å². The van der Waals surface area contributed by atoms with Crippen molar-refractivity contribution >= 4 is 21.6 Å². The predicted molar refractivity (Wildman–Crippen MR) is 157 cm³/mol. The van der Waals surface area contributed by atoms with Gasteiger partial charge in [0.25, 0.3) is 5.91 Å². The van der Waals surface area contributed by atoms with Crippen LogP contribution in [0.1, 0.15) is 58.8 Å². The maximum Gasteiger partial charge on any atom is 0.416 e. The van der Waals surface area contributed by atoms with E-state index in [1.165, 1.54) is 61.7 Å². The molecule has 250 valence electrons. The molecule has 3 aromatic rings. The molecule has 1 aliphatic rings. The fourth-order valence-corrected chi connectivity index (χ4v) is 6.08. The Bertz CT molecular complexity index is 1570. The lowest BCUT2D eigenvalue weighted by molar-refractivity contribution is -0.248. The van der Waals surface area contributed by atoms with Gasteiger partial charge in [0.1, 0.15) is 5.82 Å². The second kappa shape index (κ2) is 14.4. The van der Waals surface area contributed by atoms with E-state index in [-0.39, 0.29) is 40.9 Å². The average Bonchev–Trinajstić information content (AvgIpc) is 3.06. The van der Waals surface area contributed by atoms with Gasteiger partial charge in [-0.15, -0.1) is 0 Å². The van der Waals surface area contributed by atoms with E-state index >= 15 is 0 Å². The SMILES string of the molecule is CCS(=O)(=O)c1ccc([C@H](CO)NC(=O)c2ccc(N3CC(c4ccc(C(F)(F)F)cc4)CC[C@H]3COC(F)(F)CF)nc2)cc1. The molecule has 1 fully saturated rings. The number of anilines is 1. The van der Waals surface area contributed by atoms with Crippen LogP contribution in [0.2, 0.25) is 0 Å². The van der Waals surface area contributed by atoms with Crippen LogP contribution >= 0.6 is 0 Å². The van der Waals surface area contributed by atoms with Gasteiger partial charge in [-0.2, -0.15) is 22.0 Å². The van der Waals surface area contributed by atoms with Gasteiger partial charge in [0.2, 0.25) is 0 Å². The standard InChI is InChI=1S/C31H33F6N3O5S/c1-2-46(43,44)26-12-6-21(7-13-26)27(17-41)39-29(42)22-8-14-28(38-15-22)40-16-23(5-11-25(40)18-45-30(33,34)19-32)20-3-9-24(10-4-20)31(35,36)37/h3-4,6-10,12-15,23,25,27,41H,2,5,11,16-19H2,1H3,(H,39,42)/t23?,25-,27-/m0/s1. The molecule has 0 spiro atoms. The minimum atomic E-state index is -4.50. The van der Waals surface area contributed by atoms with Crippen molar-refractivity contribution in [2.75, 3.05) is 37.1 Å². The Labute approximate surface area is 262 Å². The first-order chi connectivity index (χ1) is 21.7. The van der Waals surface area contributed by atoms with Gasteiger partial charge in [0, 0.05) is 18.7 Å². The van der Waals surface area contributed by atoms with E-state index in [1.807, 2.05) is 0 Å². The summed E-state index contributed by atoms with van der Waals surface area (Å²) in [6.45, 7) is -1.35. The third kappa shape index (κ3) is 8.56. The number of pyridine rings is 1. The second-order valence-corrected chi connectivity index (χ2v) is 13.1. The van der Waals surface area contributed by atoms with Crippen LogP contribution in [0, 0.1) is 0 Å². The van der Waals surface area contributed by atoms with Crippen molar-refractivity contribution in [3.05, 3.63) is 89.1 Å². The number of hydrogen-bond donors (Lipinski definition) is 2. The number of aliphatic hydroxyl groups excluding tert-OH is 1. The molecule has 8 nitrogen and oxygen atoms in total. The molecule has 0 bridgehead atoms. The van der Waals surface area contributed by atoms with Crippen LogP contribution in [0.5, 0.6) is 0 Å². The number of benzene rings is 2. The average molecular weight is 674 g/mol. The molecule has 1 aromatic heterocycles. The maximum atomic E-state index is 13.6. The Hall–Kier alpha value is -3.69. The summed E-state index contributed by atoms with van der Waals surface area (Å²) < 4.78 is 108. The number of hydrogen-bond acceptors (Lipinski definition) is 7. The highest BCUT2D eigenvalue weighted by Gasteiger charge is 2.36. The molecule has 1 amide bonds. The predicted octanol–water partition coefficient (Wildman–Crippen LogP) is 5.69. The Morgan fingerprint density at radius 1 is 1.04 bits per heavy atom. The number of nitrogens with zero attached hydrogens (tertiary/aromatic N) is 2. The van der Waals surface area contributed by atoms with Crippen LogP contribution in [0.4, 0.5) is 32.2 Å². The zero-order valence-electron chi connectivity index (χ0n) is 24.7. The zero-order valence-corrected chi connectivity index (χ0v) is 25.5. The molecule has 3 atom stereocenters. The van der Waals surface area contributed by atoms with Crippen molar-refractivity contribution in [3.8, 4) is 0 Å². The topological polar surface area (TPSA) is 109 Å². The summed E-state index contributed by atoms with van der Waals surface area (Å²) in [6.07, 6.45) is -6.52. The van der Waals surface area contributed by atoms with Gasteiger partial charge in [-0.05, 0) is 60.4 Å². The van der Waals surface area contributed by atoms with Crippen LogP contribution in [-0.2, 0) is 20.8 Å². The van der Waals surface area contributed by atoms with E-state index in [2.05, 4.69) is 15.0 Å². The van der Waals surface area contributed by atoms with Crippen LogP contribution in [0.15, 0.2) is 71.8 Å². The molecular formula is C31H33F6N3O5S. The monoisotopic (exact) mass is 673 g/mol. The number of alkyl halides is 6. The molecule has 2 heterocycles. The van der Waals surface area contributed by atoms with E-state index in [0.717, 1.165) is 12.1 Å². The third-order valence-electron chi connectivity index (χ3n) is 7.87. The van der Waals surface area contributed by atoms with Gasteiger partial charge in [-0.3, -0.25) is 4.79 Å². The summed E-state index contributed by atoms with van der Waals surface area (Å²) in [5.41, 5.74) is 0.369. The largest absolute Gasteiger partial charge is 0.416 e. The van der Waals surface area contributed by atoms with Gasteiger partial charge in [0.15, 0.2) is 16.5 Å². The number of rotatable bonds is 12. The fourth-order valence-electron chi connectivity index (χ4n) is 5.19. The normalized spacial score (nSPS) is 18.3. The molecule has 2 N–H and O–H groups in total. The summed E-state index contributed by atoms with van der Waals surface area (Å²) in [4.78, 5) is 19.1. The number of aliphatic hydroxyl groups is 1. The molecule has 0 aliphatic carbocycles. The van der Waals surface area contributed by atoms with Crippen LogP contribution in [0.3, 0.4) is 0 Å². The molecule has 1 unspecified atom stereocenters. The fraction of sp³-hybridized carbons (Fsp3) is 0.419. The van der Waals surface area contributed by atoms with Gasteiger partial charge in [0.05, 0.1) is 47.1 Å². The molecular weight excluding hydrogens is 640 g/mol. The van der Waals surface area contributed by atoms with E-state index < -0.39 is 65.6 Å². The number of piperidine rings is 1. The lowest BCUT2D eigenvalue weighted by atomic mass is 9.87. The Balaban J connectivity index is 1.51. The first kappa shape index (κ1) is 35.2. The number of nitrogens with one attached hydrogen (secondary N) is 1. The lowest BCUT2D eigenvalue weighted by Crippen LogP contribution is -2.47. The number of carbonyl (C=O) groups is 1.